The quantitative estimate of drug-likeness (QED) is 0.553. The van der Waals surface area contributed by atoms with Crippen molar-refractivity contribution in [2.24, 2.45) is 7.05 Å². The van der Waals surface area contributed by atoms with Crippen molar-refractivity contribution in [3.05, 3.63) is 48.3 Å². The van der Waals surface area contributed by atoms with Crippen LogP contribution in [0, 0.1) is 6.92 Å². The van der Waals surface area contributed by atoms with Crippen LogP contribution in [0.4, 0.5) is 0 Å². The average Bonchev–Trinajstić information content (AvgIpc) is 2.90. The summed E-state index contributed by atoms with van der Waals surface area (Å²) in [5.74, 6) is 0.953. The van der Waals surface area contributed by atoms with Gasteiger partial charge in [-0.25, -0.2) is 0 Å². The molecular weight excluding hydrogens is 322 g/mol. The topological polar surface area (TPSA) is 30.3 Å². The lowest BCUT2D eigenvalue weighted by molar-refractivity contribution is 0.147. The zero-order valence-corrected chi connectivity index (χ0v) is 15.3. The van der Waals surface area contributed by atoms with Crippen LogP contribution in [0.2, 0.25) is 0 Å². The van der Waals surface area contributed by atoms with Crippen LogP contribution < -0.4 is 4.74 Å². The van der Waals surface area contributed by atoms with Crippen LogP contribution >= 0.6 is 0 Å². The molecular formula is C22H23N3O. The molecule has 4 nitrogen and oxygen atoms in total. The van der Waals surface area contributed by atoms with Crippen molar-refractivity contribution < 1.29 is 4.74 Å². The Labute approximate surface area is 153 Å². The van der Waals surface area contributed by atoms with E-state index in [4.69, 9.17) is 4.74 Å². The van der Waals surface area contributed by atoms with Crippen molar-refractivity contribution in [2.45, 2.75) is 13.3 Å². The van der Waals surface area contributed by atoms with Gasteiger partial charge in [0, 0.05) is 47.7 Å². The van der Waals surface area contributed by atoms with Gasteiger partial charge < -0.3 is 9.30 Å². The van der Waals surface area contributed by atoms with E-state index in [0.29, 0.717) is 0 Å². The Morgan fingerprint density at radius 1 is 1.08 bits per heavy atom. The minimum absolute atomic E-state index is 0.752. The summed E-state index contributed by atoms with van der Waals surface area (Å²) in [7, 11) is 2.15. The maximum Gasteiger partial charge on any atom is 0.120 e. The predicted molar refractivity (Wildman–Crippen MR) is 107 cm³/mol. The number of pyridine rings is 1. The zero-order valence-electron chi connectivity index (χ0n) is 15.3. The van der Waals surface area contributed by atoms with E-state index in [9.17, 15) is 0 Å². The molecule has 4 heteroatoms. The van der Waals surface area contributed by atoms with Gasteiger partial charge in [0.25, 0.3) is 0 Å². The number of nitrogens with zero attached hydrogens (tertiary/aromatic N) is 3. The highest BCUT2D eigenvalue weighted by Gasteiger charge is 2.15. The highest BCUT2D eigenvalue weighted by molar-refractivity contribution is 6.14. The van der Waals surface area contributed by atoms with Crippen LogP contribution in [0.5, 0.6) is 5.75 Å². The standard InChI is InChI=1S/C22H23N3O/c1-15-18-6-7-23-14-16(18)12-20-19-13-17(26-11-10-25-8-3-9-25)4-5-21(19)24(2)22(15)20/h4-7,12-14H,3,8-11H2,1-2H3. The minimum Gasteiger partial charge on any atom is -0.492 e. The zero-order chi connectivity index (χ0) is 17.7. The first-order valence-electron chi connectivity index (χ1n) is 9.33. The summed E-state index contributed by atoms with van der Waals surface area (Å²) in [5.41, 5.74) is 3.83. The Morgan fingerprint density at radius 2 is 1.96 bits per heavy atom. The smallest absolute Gasteiger partial charge is 0.120 e. The van der Waals surface area contributed by atoms with Crippen LogP contribution in [-0.4, -0.2) is 40.7 Å². The molecule has 5 rings (SSSR count). The van der Waals surface area contributed by atoms with Gasteiger partial charge in [0.15, 0.2) is 0 Å². The maximum absolute atomic E-state index is 6.03. The molecule has 132 valence electrons. The molecule has 0 atom stereocenters. The van der Waals surface area contributed by atoms with Gasteiger partial charge in [-0.15, -0.1) is 0 Å². The molecule has 2 aromatic carbocycles. The molecule has 0 N–H and O–H groups in total. The van der Waals surface area contributed by atoms with E-state index in [1.807, 2.05) is 12.4 Å². The molecule has 0 aliphatic carbocycles. The van der Waals surface area contributed by atoms with Crippen LogP contribution in [0.1, 0.15) is 12.0 Å². The third-order valence-electron chi connectivity index (χ3n) is 5.75. The molecule has 2 aromatic heterocycles. The van der Waals surface area contributed by atoms with Gasteiger partial charge >= 0.3 is 0 Å². The summed E-state index contributed by atoms with van der Waals surface area (Å²) in [6.07, 6.45) is 5.14. The molecule has 1 aliphatic heterocycles. The van der Waals surface area contributed by atoms with Gasteiger partial charge in [-0.1, -0.05) is 0 Å². The Kier molecular flexibility index (Phi) is 3.61. The third-order valence-corrected chi connectivity index (χ3v) is 5.75. The van der Waals surface area contributed by atoms with Crippen molar-refractivity contribution in [3.8, 4) is 5.75 Å². The lowest BCUT2D eigenvalue weighted by atomic mass is 10.0. The second kappa shape index (κ2) is 5.99. The summed E-state index contributed by atoms with van der Waals surface area (Å²) in [5, 5.41) is 4.98. The fraction of sp³-hybridized carbons (Fsp3) is 0.318. The summed E-state index contributed by atoms with van der Waals surface area (Å²) in [4.78, 5) is 6.73. The van der Waals surface area contributed by atoms with Crippen LogP contribution in [0.25, 0.3) is 32.6 Å². The van der Waals surface area contributed by atoms with Crippen LogP contribution in [0.15, 0.2) is 42.7 Å². The second-order valence-electron chi connectivity index (χ2n) is 7.28. The summed E-state index contributed by atoms with van der Waals surface area (Å²) < 4.78 is 8.33. The number of hydrogen-bond acceptors (Lipinski definition) is 3. The van der Waals surface area contributed by atoms with Crippen LogP contribution in [0.3, 0.4) is 0 Å². The fourth-order valence-electron chi connectivity index (χ4n) is 4.19. The van der Waals surface area contributed by atoms with E-state index in [1.54, 1.807) is 0 Å². The number of ether oxygens (including phenoxy) is 1. The molecule has 0 unspecified atom stereocenters. The average molecular weight is 345 g/mol. The monoisotopic (exact) mass is 345 g/mol. The number of hydrogen-bond donors (Lipinski definition) is 0. The number of fused-ring (bicyclic) bond motifs is 4. The first kappa shape index (κ1) is 15.6. The lowest BCUT2D eigenvalue weighted by Crippen LogP contribution is -2.39. The van der Waals surface area contributed by atoms with Crippen LogP contribution in [-0.2, 0) is 7.05 Å². The van der Waals surface area contributed by atoms with Gasteiger partial charge in [-0.3, -0.25) is 9.88 Å². The molecule has 0 amide bonds. The largest absolute Gasteiger partial charge is 0.492 e. The molecule has 0 saturated carbocycles. The summed E-state index contributed by atoms with van der Waals surface area (Å²) in [6, 6.07) is 10.8. The molecule has 0 spiro atoms. The van der Waals surface area contributed by atoms with Crippen molar-refractivity contribution in [1.29, 1.82) is 0 Å². The number of aryl methyl sites for hydroxylation is 2. The first-order chi connectivity index (χ1) is 12.7. The second-order valence-corrected chi connectivity index (χ2v) is 7.28. The molecule has 3 heterocycles. The fourth-order valence-corrected chi connectivity index (χ4v) is 4.19. The molecule has 4 aromatic rings. The first-order valence-corrected chi connectivity index (χ1v) is 9.33. The Bertz CT molecular complexity index is 1120. The molecule has 1 fully saturated rings. The third kappa shape index (κ3) is 2.36. The van der Waals surface area contributed by atoms with Gasteiger partial charge in [-0.2, -0.15) is 0 Å². The Hall–Kier alpha value is -2.59. The SMILES string of the molecule is Cc1c2ccncc2cc2c3cc(OCCN4CCC4)ccc3n(C)c12. The Balaban J connectivity index is 1.61. The minimum atomic E-state index is 0.752. The highest BCUT2D eigenvalue weighted by atomic mass is 16.5. The molecule has 0 radical (unpaired) electrons. The van der Waals surface area contributed by atoms with Crippen molar-refractivity contribution in [3.63, 3.8) is 0 Å². The highest BCUT2D eigenvalue weighted by Crippen LogP contribution is 2.36. The lowest BCUT2D eigenvalue weighted by Gasteiger charge is -2.30. The van der Waals surface area contributed by atoms with Gasteiger partial charge in [0.2, 0.25) is 0 Å². The van der Waals surface area contributed by atoms with Crippen molar-refractivity contribution in [1.82, 2.24) is 14.5 Å². The van der Waals surface area contributed by atoms with Gasteiger partial charge in [-0.05, 0) is 67.7 Å². The number of rotatable bonds is 4. The van der Waals surface area contributed by atoms with Crippen molar-refractivity contribution in [2.75, 3.05) is 26.2 Å². The molecule has 26 heavy (non-hydrogen) atoms. The predicted octanol–water partition coefficient (Wildman–Crippen LogP) is 4.27. The normalized spacial score (nSPS) is 15.0. The van der Waals surface area contributed by atoms with E-state index in [2.05, 4.69) is 58.8 Å². The summed E-state index contributed by atoms with van der Waals surface area (Å²) in [6.45, 7) is 6.40. The number of likely N-dealkylation sites (tertiary alicyclic amines) is 1. The van der Waals surface area contributed by atoms with E-state index in [1.165, 1.54) is 57.7 Å². The molecule has 1 saturated heterocycles. The molecule has 1 aliphatic rings. The van der Waals surface area contributed by atoms with E-state index >= 15 is 0 Å². The number of benzene rings is 2. The van der Waals surface area contributed by atoms with Crippen molar-refractivity contribution >= 4 is 32.6 Å². The van der Waals surface area contributed by atoms with E-state index < -0.39 is 0 Å². The van der Waals surface area contributed by atoms with Gasteiger partial charge in [0.05, 0.1) is 5.52 Å². The van der Waals surface area contributed by atoms with E-state index in [0.717, 1.165) is 18.9 Å². The molecule has 0 bridgehead atoms. The Morgan fingerprint density at radius 3 is 2.77 bits per heavy atom. The number of aromatic nitrogens is 2. The van der Waals surface area contributed by atoms with E-state index in [-0.39, 0.29) is 0 Å². The van der Waals surface area contributed by atoms with Gasteiger partial charge in [0.1, 0.15) is 12.4 Å². The maximum atomic E-state index is 6.03. The summed E-state index contributed by atoms with van der Waals surface area (Å²) >= 11 is 0.